The van der Waals surface area contributed by atoms with Gasteiger partial charge in [0.15, 0.2) is 0 Å². The van der Waals surface area contributed by atoms with E-state index in [-0.39, 0.29) is 6.03 Å². The van der Waals surface area contributed by atoms with Crippen LogP contribution in [0.3, 0.4) is 0 Å². The molecule has 5 nitrogen and oxygen atoms in total. The maximum atomic E-state index is 12.1. The number of amides is 2. The standard InChI is InChI=1S/C20H20N4O/c1-2-15-8-6-7-11-18(15)24-20(25)21-13-17-12-19(23-14-22-17)16-9-4-3-5-10-16/h3-12,14H,2,13H2,1H3,(H2,21,24,25). The summed E-state index contributed by atoms with van der Waals surface area (Å²) < 4.78 is 0. The Morgan fingerprint density at radius 3 is 2.56 bits per heavy atom. The van der Waals surface area contributed by atoms with Gasteiger partial charge in [0.05, 0.1) is 17.9 Å². The number of nitrogens with one attached hydrogen (secondary N) is 2. The molecule has 2 N–H and O–H groups in total. The Morgan fingerprint density at radius 1 is 1.00 bits per heavy atom. The molecule has 0 fully saturated rings. The number of benzene rings is 2. The topological polar surface area (TPSA) is 66.9 Å². The number of carbonyl (C=O) groups is 1. The molecule has 2 amide bonds. The molecule has 0 saturated heterocycles. The van der Waals surface area contributed by atoms with Gasteiger partial charge in [-0.2, -0.15) is 0 Å². The fourth-order valence-electron chi connectivity index (χ4n) is 2.55. The average molecular weight is 332 g/mol. The average Bonchev–Trinajstić information content (AvgIpc) is 2.68. The van der Waals surface area contributed by atoms with E-state index in [0.29, 0.717) is 6.54 Å². The molecule has 3 rings (SSSR count). The van der Waals surface area contributed by atoms with Crippen molar-refractivity contribution in [3.8, 4) is 11.3 Å². The largest absolute Gasteiger partial charge is 0.332 e. The van der Waals surface area contributed by atoms with E-state index >= 15 is 0 Å². The van der Waals surface area contributed by atoms with E-state index in [9.17, 15) is 4.79 Å². The van der Waals surface area contributed by atoms with E-state index in [1.165, 1.54) is 6.33 Å². The summed E-state index contributed by atoms with van der Waals surface area (Å²) >= 11 is 0. The van der Waals surface area contributed by atoms with E-state index in [4.69, 9.17) is 0 Å². The number of aryl methyl sites for hydroxylation is 1. The fourth-order valence-corrected chi connectivity index (χ4v) is 2.55. The van der Waals surface area contributed by atoms with Gasteiger partial charge in [0.1, 0.15) is 6.33 Å². The summed E-state index contributed by atoms with van der Waals surface area (Å²) in [4.78, 5) is 20.7. The first-order valence-corrected chi connectivity index (χ1v) is 8.25. The first-order chi connectivity index (χ1) is 12.3. The van der Waals surface area contributed by atoms with Crippen molar-refractivity contribution in [3.63, 3.8) is 0 Å². The van der Waals surface area contributed by atoms with Gasteiger partial charge in [-0.15, -0.1) is 0 Å². The van der Waals surface area contributed by atoms with Gasteiger partial charge in [-0.25, -0.2) is 14.8 Å². The number of aromatic nitrogens is 2. The molecule has 0 aliphatic carbocycles. The number of para-hydroxylation sites is 1. The molecule has 3 aromatic rings. The summed E-state index contributed by atoms with van der Waals surface area (Å²) in [6.45, 7) is 2.40. The van der Waals surface area contributed by atoms with Gasteiger partial charge in [0.25, 0.3) is 0 Å². The zero-order valence-corrected chi connectivity index (χ0v) is 14.1. The van der Waals surface area contributed by atoms with Crippen LogP contribution in [0.25, 0.3) is 11.3 Å². The number of carbonyl (C=O) groups excluding carboxylic acids is 1. The van der Waals surface area contributed by atoms with Gasteiger partial charge < -0.3 is 10.6 Å². The molecule has 0 unspecified atom stereocenters. The van der Waals surface area contributed by atoms with Crippen molar-refractivity contribution in [2.45, 2.75) is 19.9 Å². The van der Waals surface area contributed by atoms with Crippen LogP contribution < -0.4 is 10.6 Å². The van der Waals surface area contributed by atoms with E-state index in [1.807, 2.05) is 60.7 Å². The smallest absolute Gasteiger partial charge is 0.319 e. The van der Waals surface area contributed by atoms with Gasteiger partial charge in [0, 0.05) is 11.3 Å². The first kappa shape index (κ1) is 16.6. The third kappa shape index (κ3) is 4.41. The fraction of sp³-hybridized carbons (Fsp3) is 0.150. The molecule has 0 saturated carbocycles. The third-order valence-electron chi connectivity index (χ3n) is 3.87. The van der Waals surface area contributed by atoms with Gasteiger partial charge in [0.2, 0.25) is 0 Å². The zero-order chi connectivity index (χ0) is 17.5. The van der Waals surface area contributed by atoms with E-state index in [2.05, 4.69) is 27.5 Å². The normalized spacial score (nSPS) is 10.3. The highest BCUT2D eigenvalue weighted by Gasteiger charge is 2.06. The maximum Gasteiger partial charge on any atom is 0.319 e. The predicted molar refractivity (Wildman–Crippen MR) is 99.1 cm³/mol. The molecular formula is C20H20N4O. The summed E-state index contributed by atoms with van der Waals surface area (Å²) in [7, 11) is 0. The van der Waals surface area contributed by atoms with Crippen LogP contribution in [0.5, 0.6) is 0 Å². The summed E-state index contributed by atoms with van der Waals surface area (Å²) in [6, 6.07) is 19.3. The highest BCUT2D eigenvalue weighted by atomic mass is 16.2. The van der Waals surface area contributed by atoms with Crippen LogP contribution >= 0.6 is 0 Å². The van der Waals surface area contributed by atoms with E-state index in [1.54, 1.807) is 0 Å². The van der Waals surface area contributed by atoms with Gasteiger partial charge in [-0.1, -0.05) is 55.5 Å². The first-order valence-electron chi connectivity index (χ1n) is 8.25. The minimum atomic E-state index is -0.249. The van der Waals surface area contributed by atoms with Crippen LogP contribution in [-0.4, -0.2) is 16.0 Å². The molecule has 0 radical (unpaired) electrons. The van der Waals surface area contributed by atoms with Crippen LogP contribution in [0, 0.1) is 0 Å². The molecule has 5 heteroatoms. The van der Waals surface area contributed by atoms with Crippen molar-refractivity contribution in [3.05, 3.63) is 78.2 Å². The monoisotopic (exact) mass is 332 g/mol. The molecule has 0 bridgehead atoms. The van der Waals surface area contributed by atoms with Crippen molar-refractivity contribution in [2.24, 2.45) is 0 Å². The number of hydrogen-bond acceptors (Lipinski definition) is 3. The lowest BCUT2D eigenvalue weighted by atomic mass is 10.1. The predicted octanol–water partition coefficient (Wildman–Crippen LogP) is 4.03. The van der Waals surface area contributed by atoms with Crippen molar-refractivity contribution in [1.82, 2.24) is 15.3 Å². The molecule has 1 heterocycles. The van der Waals surface area contributed by atoms with Crippen LogP contribution in [0.1, 0.15) is 18.2 Å². The Morgan fingerprint density at radius 2 is 1.76 bits per heavy atom. The quantitative estimate of drug-likeness (QED) is 0.741. The molecular weight excluding hydrogens is 312 g/mol. The van der Waals surface area contributed by atoms with Gasteiger partial charge in [-0.3, -0.25) is 0 Å². The molecule has 1 aromatic heterocycles. The SMILES string of the molecule is CCc1ccccc1NC(=O)NCc1cc(-c2ccccc2)ncn1. The van der Waals surface area contributed by atoms with Crippen molar-refractivity contribution in [1.29, 1.82) is 0 Å². The Labute approximate surface area is 147 Å². The van der Waals surface area contributed by atoms with Gasteiger partial charge in [-0.05, 0) is 24.1 Å². The summed E-state index contributed by atoms with van der Waals surface area (Å²) in [5.74, 6) is 0. The molecule has 0 spiro atoms. The van der Waals surface area contributed by atoms with Crippen LogP contribution in [0.4, 0.5) is 10.5 Å². The van der Waals surface area contributed by atoms with Crippen LogP contribution in [0.15, 0.2) is 67.0 Å². The number of hydrogen-bond donors (Lipinski definition) is 2. The number of rotatable bonds is 5. The lowest BCUT2D eigenvalue weighted by Gasteiger charge is -2.11. The second kappa shape index (κ2) is 8.06. The molecule has 0 aliphatic rings. The molecule has 25 heavy (non-hydrogen) atoms. The summed E-state index contributed by atoms with van der Waals surface area (Å²) in [5.41, 5.74) is 4.55. The highest BCUT2D eigenvalue weighted by molar-refractivity contribution is 5.90. The molecule has 126 valence electrons. The van der Waals surface area contributed by atoms with Crippen molar-refractivity contribution < 1.29 is 4.79 Å². The minimum Gasteiger partial charge on any atom is -0.332 e. The molecule has 2 aromatic carbocycles. The van der Waals surface area contributed by atoms with Crippen LogP contribution in [0.2, 0.25) is 0 Å². The van der Waals surface area contributed by atoms with Crippen molar-refractivity contribution in [2.75, 3.05) is 5.32 Å². The van der Waals surface area contributed by atoms with Gasteiger partial charge >= 0.3 is 6.03 Å². The molecule has 0 aliphatic heterocycles. The second-order valence-electron chi connectivity index (χ2n) is 5.58. The van der Waals surface area contributed by atoms with Crippen molar-refractivity contribution >= 4 is 11.7 Å². The van der Waals surface area contributed by atoms with E-state index < -0.39 is 0 Å². The summed E-state index contributed by atoms with van der Waals surface area (Å²) in [5, 5.41) is 5.72. The zero-order valence-electron chi connectivity index (χ0n) is 14.1. The lowest BCUT2D eigenvalue weighted by Crippen LogP contribution is -2.29. The Balaban J connectivity index is 1.63. The third-order valence-corrected chi connectivity index (χ3v) is 3.87. The Kier molecular flexibility index (Phi) is 5.36. The maximum absolute atomic E-state index is 12.1. The van der Waals surface area contributed by atoms with Crippen LogP contribution in [-0.2, 0) is 13.0 Å². The highest BCUT2D eigenvalue weighted by Crippen LogP contribution is 2.17. The molecule has 0 atom stereocenters. The second-order valence-corrected chi connectivity index (χ2v) is 5.58. The Hall–Kier alpha value is -3.21. The lowest BCUT2D eigenvalue weighted by molar-refractivity contribution is 0.251. The van der Waals surface area contributed by atoms with E-state index in [0.717, 1.165) is 34.6 Å². The number of urea groups is 1. The summed E-state index contributed by atoms with van der Waals surface area (Å²) in [6.07, 6.45) is 2.38. The number of anilines is 1. The minimum absolute atomic E-state index is 0.249. The Bertz CT molecular complexity index is 849. The number of nitrogens with zero attached hydrogens (tertiary/aromatic N) is 2.